The van der Waals surface area contributed by atoms with Crippen molar-refractivity contribution in [3.63, 3.8) is 0 Å². The SMILES string of the molecule is Fc1ccc([C@@H]2CN(Cc3ccc(Cl)cc3)CC[C@H]2c2cc(-c3ccc(Cl)cc3)[nH]n2)cc1. The monoisotopic (exact) mass is 479 g/mol. The van der Waals surface area contributed by atoms with Gasteiger partial charge in [0.05, 0.1) is 11.4 Å². The number of aromatic nitrogens is 2. The van der Waals surface area contributed by atoms with Gasteiger partial charge >= 0.3 is 0 Å². The lowest BCUT2D eigenvalue weighted by molar-refractivity contribution is 0.180. The van der Waals surface area contributed by atoms with Crippen LogP contribution < -0.4 is 0 Å². The third-order valence-electron chi connectivity index (χ3n) is 6.45. The summed E-state index contributed by atoms with van der Waals surface area (Å²) in [5, 5.41) is 9.34. The molecule has 0 aliphatic carbocycles. The molecule has 0 unspecified atom stereocenters. The molecule has 0 bridgehead atoms. The summed E-state index contributed by atoms with van der Waals surface area (Å²) in [6, 6.07) is 24.8. The Labute approximate surface area is 203 Å². The molecule has 5 rings (SSSR count). The van der Waals surface area contributed by atoms with Gasteiger partial charge in [-0.15, -0.1) is 0 Å². The second kappa shape index (κ2) is 9.68. The van der Waals surface area contributed by atoms with Crippen molar-refractivity contribution in [2.24, 2.45) is 0 Å². The van der Waals surface area contributed by atoms with E-state index in [1.54, 1.807) is 12.1 Å². The molecule has 0 saturated carbocycles. The number of benzene rings is 3. The highest BCUT2D eigenvalue weighted by Crippen LogP contribution is 2.40. The van der Waals surface area contributed by atoms with Crippen molar-refractivity contribution in [3.8, 4) is 11.3 Å². The fraction of sp³-hybridized carbons (Fsp3) is 0.222. The third kappa shape index (κ3) is 5.14. The van der Waals surface area contributed by atoms with Gasteiger partial charge in [-0.05, 0) is 72.1 Å². The van der Waals surface area contributed by atoms with Crippen molar-refractivity contribution in [3.05, 3.63) is 112 Å². The van der Waals surface area contributed by atoms with Crippen LogP contribution in [0, 0.1) is 5.82 Å². The number of nitrogens with zero attached hydrogens (tertiary/aromatic N) is 2. The van der Waals surface area contributed by atoms with Crippen molar-refractivity contribution < 1.29 is 4.39 Å². The number of piperidine rings is 1. The van der Waals surface area contributed by atoms with Crippen LogP contribution in [-0.2, 0) is 6.54 Å². The minimum Gasteiger partial charge on any atom is -0.298 e. The first kappa shape index (κ1) is 22.1. The highest BCUT2D eigenvalue weighted by atomic mass is 35.5. The Kier molecular flexibility index (Phi) is 6.50. The minimum atomic E-state index is -0.214. The normalized spacial score (nSPS) is 19.0. The van der Waals surface area contributed by atoms with Crippen molar-refractivity contribution in [2.75, 3.05) is 13.1 Å². The quantitative estimate of drug-likeness (QED) is 0.325. The van der Waals surface area contributed by atoms with Crippen LogP contribution >= 0.6 is 23.2 Å². The van der Waals surface area contributed by atoms with E-state index >= 15 is 0 Å². The summed E-state index contributed by atoms with van der Waals surface area (Å²) < 4.78 is 13.6. The Balaban J connectivity index is 1.40. The summed E-state index contributed by atoms with van der Waals surface area (Å²) in [5.41, 5.74) is 5.44. The van der Waals surface area contributed by atoms with Crippen LogP contribution in [0.2, 0.25) is 10.0 Å². The van der Waals surface area contributed by atoms with Gasteiger partial charge in [-0.2, -0.15) is 5.10 Å². The average Bonchev–Trinajstić information content (AvgIpc) is 3.32. The average molecular weight is 480 g/mol. The summed E-state index contributed by atoms with van der Waals surface area (Å²) in [6.07, 6.45) is 0.973. The van der Waals surface area contributed by atoms with Gasteiger partial charge in [0, 0.05) is 35.0 Å². The van der Waals surface area contributed by atoms with E-state index in [4.69, 9.17) is 23.2 Å². The van der Waals surface area contributed by atoms with Crippen LogP contribution in [-0.4, -0.2) is 28.2 Å². The molecule has 2 atom stereocenters. The number of hydrogen-bond acceptors (Lipinski definition) is 2. The third-order valence-corrected chi connectivity index (χ3v) is 6.95. The van der Waals surface area contributed by atoms with Crippen molar-refractivity contribution in [2.45, 2.75) is 24.8 Å². The van der Waals surface area contributed by atoms with E-state index in [-0.39, 0.29) is 17.7 Å². The van der Waals surface area contributed by atoms with E-state index in [1.165, 1.54) is 5.56 Å². The molecule has 33 heavy (non-hydrogen) atoms. The summed E-state index contributed by atoms with van der Waals surface area (Å²) in [6.45, 7) is 2.70. The fourth-order valence-corrected chi connectivity index (χ4v) is 4.97. The predicted octanol–water partition coefficient (Wildman–Crippen LogP) is 7.30. The molecule has 0 amide bonds. The smallest absolute Gasteiger partial charge is 0.123 e. The van der Waals surface area contributed by atoms with Gasteiger partial charge in [-0.3, -0.25) is 10.00 Å². The van der Waals surface area contributed by atoms with Crippen LogP contribution in [0.3, 0.4) is 0 Å². The molecule has 0 radical (unpaired) electrons. The van der Waals surface area contributed by atoms with E-state index in [0.717, 1.165) is 53.6 Å². The number of rotatable bonds is 5. The zero-order chi connectivity index (χ0) is 22.8. The molecule has 1 saturated heterocycles. The molecule has 1 aliphatic heterocycles. The lowest BCUT2D eigenvalue weighted by Gasteiger charge is -2.38. The van der Waals surface area contributed by atoms with Gasteiger partial charge in [0.25, 0.3) is 0 Å². The lowest BCUT2D eigenvalue weighted by Crippen LogP contribution is -2.38. The molecule has 4 aromatic rings. The van der Waals surface area contributed by atoms with E-state index in [0.29, 0.717) is 5.02 Å². The van der Waals surface area contributed by atoms with E-state index in [2.05, 4.69) is 33.3 Å². The molecule has 2 heterocycles. The maximum absolute atomic E-state index is 13.6. The molecular weight excluding hydrogens is 456 g/mol. The Hall–Kier alpha value is -2.66. The molecular formula is C27H24Cl2FN3. The van der Waals surface area contributed by atoms with E-state index in [9.17, 15) is 4.39 Å². The van der Waals surface area contributed by atoms with Crippen molar-refractivity contribution in [1.29, 1.82) is 0 Å². The van der Waals surface area contributed by atoms with Gasteiger partial charge in [0.15, 0.2) is 0 Å². The zero-order valence-electron chi connectivity index (χ0n) is 18.0. The molecule has 1 aliphatic rings. The molecule has 1 aromatic heterocycles. The first-order chi connectivity index (χ1) is 16.0. The van der Waals surface area contributed by atoms with Crippen molar-refractivity contribution >= 4 is 23.2 Å². The summed E-state index contributed by atoms with van der Waals surface area (Å²) >= 11 is 12.1. The minimum absolute atomic E-state index is 0.214. The van der Waals surface area contributed by atoms with Gasteiger partial charge in [0.1, 0.15) is 5.82 Å². The molecule has 3 aromatic carbocycles. The van der Waals surface area contributed by atoms with Crippen LogP contribution in [0.5, 0.6) is 0 Å². The van der Waals surface area contributed by atoms with Crippen LogP contribution in [0.4, 0.5) is 4.39 Å². The molecule has 6 heteroatoms. The highest BCUT2D eigenvalue weighted by Gasteiger charge is 2.33. The predicted molar refractivity (Wildman–Crippen MR) is 132 cm³/mol. The largest absolute Gasteiger partial charge is 0.298 e. The number of aromatic amines is 1. The Bertz CT molecular complexity index is 1200. The topological polar surface area (TPSA) is 31.9 Å². The van der Waals surface area contributed by atoms with Crippen molar-refractivity contribution in [1.82, 2.24) is 15.1 Å². The first-order valence-corrected chi connectivity index (χ1v) is 11.8. The second-order valence-electron chi connectivity index (χ2n) is 8.63. The Morgan fingerprint density at radius 3 is 2.24 bits per heavy atom. The molecule has 1 fully saturated rings. The molecule has 3 nitrogen and oxygen atoms in total. The molecule has 0 spiro atoms. The molecule has 1 N–H and O–H groups in total. The summed E-state index contributed by atoms with van der Waals surface area (Å²) in [4.78, 5) is 2.46. The Morgan fingerprint density at radius 2 is 1.55 bits per heavy atom. The maximum atomic E-state index is 13.6. The molecule has 168 valence electrons. The number of H-pyrrole nitrogens is 1. The van der Waals surface area contributed by atoms with Gasteiger partial charge < -0.3 is 0 Å². The number of nitrogens with one attached hydrogen (secondary N) is 1. The maximum Gasteiger partial charge on any atom is 0.123 e. The number of hydrogen-bond donors (Lipinski definition) is 1. The standard InChI is InChI=1S/C27H24Cl2FN3/c28-21-7-1-18(2-8-21)16-33-14-13-24(25(17-33)19-5-11-23(30)12-6-19)27-15-26(31-32-27)20-3-9-22(29)10-4-20/h1-12,15,24-25H,13-14,16-17H2,(H,31,32)/t24-,25+/m1/s1. The highest BCUT2D eigenvalue weighted by molar-refractivity contribution is 6.30. The fourth-order valence-electron chi connectivity index (χ4n) is 4.72. The van der Waals surface area contributed by atoms with Gasteiger partial charge in [-0.25, -0.2) is 4.39 Å². The first-order valence-electron chi connectivity index (χ1n) is 11.1. The van der Waals surface area contributed by atoms with E-state index in [1.807, 2.05) is 48.5 Å². The van der Waals surface area contributed by atoms with Crippen LogP contribution in [0.1, 0.15) is 35.1 Å². The number of likely N-dealkylation sites (tertiary alicyclic amines) is 1. The Morgan fingerprint density at radius 1 is 0.879 bits per heavy atom. The summed E-state index contributed by atoms with van der Waals surface area (Å²) in [7, 11) is 0. The number of halogens is 3. The lowest BCUT2D eigenvalue weighted by atomic mass is 9.78. The summed E-state index contributed by atoms with van der Waals surface area (Å²) in [5.74, 6) is 0.246. The van der Waals surface area contributed by atoms with Crippen LogP contribution in [0.25, 0.3) is 11.3 Å². The van der Waals surface area contributed by atoms with Gasteiger partial charge in [-0.1, -0.05) is 59.6 Å². The van der Waals surface area contributed by atoms with Crippen LogP contribution in [0.15, 0.2) is 78.9 Å². The van der Waals surface area contributed by atoms with E-state index < -0.39 is 0 Å². The second-order valence-corrected chi connectivity index (χ2v) is 9.50. The zero-order valence-corrected chi connectivity index (χ0v) is 19.5. The van der Waals surface area contributed by atoms with Gasteiger partial charge in [0.2, 0.25) is 0 Å².